The maximum Gasteiger partial charge on any atom is 0.335 e. The minimum absolute atomic E-state index is 0.262. The topological polar surface area (TPSA) is 50.1 Å². The van der Waals surface area contributed by atoms with Crippen molar-refractivity contribution in [1.29, 1.82) is 5.26 Å². The van der Waals surface area contributed by atoms with Crippen LogP contribution in [0.15, 0.2) is 55.1 Å². The van der Waals surface area contributed by atoms with E-state index in [1.807, 2.05) is 43.3 Å². The van der Waals surface area contributed by atoms with Gasteiger partial charge in [0, 0.05) is 11.6 Å². The van der Waals surface area contributed by atoms with E-state index in [4.69, 9.17) is 4.74 Å². The number of hydrogen-bond acceptors (Lipinski definition) is 3. The first kappa shape index (κ1) is 14.5. The minimum atomic E-state index is -0.574. The molecule has 0 radical (unpaired) electrons. The van der Waals surface area contributed by atoms with Gasteiger partial charge in [-0.15, -0.1) is 0 Å². The summed E-state index contributed by atoms with van der Waals surface area (Å²) in [6.07, 6.45) is 1.87. The molecule has 0 spiro atoms. The molecule has 104 valence electrons. The third kappa shape index (κ3) is 3.01. The van der Waals surface area contributed by atoms with E-state index in [1.54, 1.807) is 6.07 Å². The number of carbonyl (C=O) groups excluding carboxylic acids is 1. The van der Waals surface area contributed by atoms with Crippen LogP contribution in [0.5, 0.6) is 5.75 Å². The van der Waals surface area contributed by atoms with Crippen molar-refractivity contribution in [2.45, 2.75) is 13.3 Å². The first-order valence-corrected chi connectivity index (χ1v) is 6.66. The predicted octanol–water partition coefficient (Wildman–Crippen LogP) is 3.88. The van der Waals surface area contributed by atoms with Gasteiger partial charge in [0.05, 0.1) is 0 Å². The number of rotatable bonds is 4. The van der Waals surface area contributed by atoms with Crippen LogP contribution in [0.1, 0.15) is 18.1 Å². The molecule has 0 saturated carbocycles. The van der Waals surface area contributed by atoms with Crippen molar-refractivity contribution in [3.05, 3.63) is 66.2 Å². The molecular formula is C18H15NO2. The Labute approximate surface area is 124 Å². The summed E-state index contributed by atoms with van der Waals surface area (Å²) in [6, 6.07) is 15.3. The van der Waals surface area contributed by atoms with Crippen LogP contribution in [-0.2, 0) is 11.2 Å². The normalized spacial score (nSPS) is 9.71. The zero-order valence-electron chi connectivity index (χ0n) is 11.8. The monoisotopic (exact) mass is 277 g/mol. The first-order chi connectivity index (χ1) is 10.2. The van der Waals surface area contributed by atoms with Gasteiger partial charge in [-0.05, 0) is 23.6 Å². The lowest BCUT2D eigenvalue weighted by molar-refractivity contribution is -0.128. The van der Waals surface area contributed by atoms with Gasteiger partial charge >= 0.3 is 5.97 Å². The largest absolute Gasteiger partial charge is 0.422 e. The summed E-state index contributed by atoms with van der Waals surface area (Å²) in [5, 5.41) is 9.50. The Balaban J connectivity index is 2.66. The molecule has 0 aliphatic rings. The van der Waals surface area contributed by atoms with Gasteiger partial charge in [0.1, 0.15) is 17.4 Å². The molecule has 0 aliphatic heterocycles. The van der Waals surface area contributed by atoms with Crippen LogP contribution in [-0.4, -0.2) is 5.97 Å². The average Bonchev–Trinajstić information content (AvgIpc) is 2.54. The van der Waals surface area contributed by atoms with Gasteiger partial charge in [-0.3, -0.25) is 0 Å². The maximum atomic E-state index is 11.4. The Morgan fingerprint density at radius 1 is 1.29 bits per heavy atom. The Kier molecular flexibility index (Phi) is 4.53. The highest BCUT2D eigenvalue weighted by atomic mass is 16.5. The van der Waals surface area contributed by atoms with Crippen molar-refractivity contribution in [2.75, 3.05) is 0 Å². The minimum Gasteiger partial charge on any atom is -0.422 e. The van der Waals surface area contributed by atoms with E-state index >= 15 is 0 Å². The van der Waals surface area contributed by atoms with E-state index in [9.17, 15) is 10.1 Å². The second kappa shape index (κ2) is 6.53. The van der Waals surface area contributed by atoms with Crippen LogP contribution in [0.25, 0.3) is 11.1 Å². The molecule has 0 unspecified atom stereocenters. The van der Waals surface area contributed by atoms with E-state index in [0.717, 1.165) is 29.2 Å². The van der Waals surface area contributed by atoms with Crippen LogP contribution in [0.4, 0.5) is 0 Å². The Morgan fingerprint density at radius 2 is 2.00 bits per heavy atom. The smallest absolute Gasteiger partial charge is 0.335 e. The van der Waals surface area contributed by atoms with Gasteiger partial charge in [-0.1, -0.05) is 49.9 Å². The summed E-state index contributed by atoms with van der Waals surface area (Å²) in [5.41, 5.74) is 3.16. The van der Waals surface area contributed by atoms with Crippen molar-refractivity contribution in [2.24, 2.45) is 0 Å². The number of ether oxygens (including phenoxy) is 1. The van der Waals surface area contributed by atoms with Crippen LogP contribution in [0.2, 0.25) is 0 Å². The number of aryl methyl sites for hydroxylation is 1. The molecule has 3 heteroatoms. The fourth-order valence-electron chi connectivity index (χ4n) is 2.20. The summed E-state index contributed by atoms with van der Waals surface area (Å²) in [5.74, 6) is -0.312. The summed E-state index contributed by atoms with van der Waals surface area (Å²) < 4.78 is 5.17. The number of benzene rings is 2. The molecule has 0 aromatic heterocycles. The van der Waals surface area contributed by atoms with Crippen molar-refractivity contribution < 1.29 is 9.53 Å². The van der Waals surface area contributed by atoms with Crippen LogP contribution >= 0.6 is 0 Å². The van der Waals surface area contributed by atoms with Gasteiger partial charge in [0.2, 0.25) is 0 Å². The molecule has 0 N–H and O–H groups in total. The molecule has 0 fully saturated rings. The third-order valence-corrected chi connectivity index (χ3v) is 3.19. The van der Waals surface area contributed by atoms with Gasteiger partial charge in [0.25, 0.3) is 0 Å². The second-order valence-corrected chi connectivity index (χ2v) is 4.43. The van der Waals surface area contributed by atoms with Gasteiger partial charge in [0.15, 0.2) is 0 Å². The molecule has 0 atom stereocenters. The van der Waals surface area contributed by atoms with E-state index in [-0.39, 0.29) is 5.75 Å². The van der Waals surface area contributed by atoms with Crippen molar-refractivity contribution >= 4 is 5.97 Å². The molecule has 0 amide bonds. The molecule has 0 heterocycles. The van der Waals surface area contributed by atoms with Crippen LogP contribution in [0, 0.1) is 11.3 Å². The summed E-state index contributed by atoms with van der Waals surface area (Å²) in [7, 11) is 0. The highest BCUT2D eigenvalue weighted by molar-refractivity contribution is 5.85. The van der Waals surface area contributed by atoms with E-state index < -0.39 is 5.97 Å². The van der Waals surface area contributed by atoms with Gasteiger partial charge in [-0.2, -0.15) is 5.26 Å². The Hall–Kier alpha value is -2.86. The summed E-state index contributed by atoms with van der Waals surface area (Å²) in [6.45, 7) is 5.40. The summed E-state index contributed by atoms with van der Waals surface area (Å²) in [4.78, 5) is 11.4. The quantitative estimate of drug-likeness (QED) is 0.484. The lowest BCUT2D eigenvalue weighted by Crippen LogP contribution is -2.06. The third-order valence-electron chi connectivity index (χ3n) is 3.19. The Morgan fingerprint density at radius 3 is 2.57 bits per heavy atom. The molecule has 0 saturated heterocycles. The van der Waals surface area contributed by atoms with Crippen molar-refractivity contribution in [3.63, 3.8) is 0 Å². The summed E-state index contributed by atoms with van der Waals surface area (Å²) >= 11 is 0. The molecule has 2 aromatic carbocycles. The number of nitriles is 1. The Bertz CT molecular complexity index is 712. The molecule has 0 bridgehead atoms. The fourth-order valence-corrected chi connectivity index (χ4v) is 2.20. The predicted molar refractivity (Wildman–Crippen MR) is 81.8 cm³/mol. The molecule has 21 heavy (non-hydrogen) atoms. The maximum absolute atomic E-state index is 11.4. The second-order valence-electron chi connectivity index (χ2n) is 4.43. The van der Waals surface area contributed by atoms with Crippen molar-refractivity contribution in [1.82, 2.24) is 0 Å². The zero-order chi connectivity index (χ0) is 15.2. The van der Waals surface area contributed by atoms with Gasteiger partial charge < -0.3 is 4.74 Å². The van der Waals surface area contributed by atoms with E-state index in [1.165, 1.54) is 0 Å². The molecule has 2 aromatic rings. The molecular weight excluding hydrogens is 262 g/mol. The SMILES string of the molecule is C=CC(=O)Oc1ccc(CC)c(-c2ccccc2)c1C#N. The van der Waals surface area contributed by atoms with Gasteiger partial charge in [-0.25, -0.2) is 4.79 Å². The first-order valence-electron chi connectivity index (χ1n) is 6.66. The highest BCUT2D eigenvalue weighted by Crippen LogP contribution is 2.34. The van der Waals surface area contributed by atoms with Crippen molar-refractivity contribution in [3.8, 4) is 22.9 Å². The number of hydrogen-bond donors (Lipinski definition) is 0. The standard InChI is InChI=1S/C18H15NO2/c1-3-13-10-11-16(21-17(20)4-2)15(12-19)18(13)14-8-6-5-7-9-14/h4-11H,2-3H2,1H3. The number of carbonyl (C=O) groups is 1. The van der Waals surface area contributed by atoms with Crippen LogP contribution < -0.4 is 4.74 Å². The van der Waals surface area contributed by atoms with E-state index in [2.05, 4.69) is 12.6 Å². The highest BCUT2D eigenvalue weighted by Gasteiger charge is 2.16. The zero-order valence-corrected chi connectivity index (χ0v) is 11.8. The lowest BCUT2D eigenvalue weighted by Gasteiger charge is -2.13. The molecule has 0 aliphatic carbocycles. The average molecular weight is 277 g/mol. The van der Waals surface area contributed by atoms with Crippen LogP contribution in [0.3, 0.4) is 0 Å². The molecule has 3 nitrogen and oxygen atoms in total. The van der Waals surface area contributed by atoms with E-state index in [0.29, 0.717) is 5.56 Å². The fraction of sp³-hybridized carbons (Fsp3) is 0.111. The number of esters is 1. The molecule has 2 rings (SSSR count). The lowest BCUT2D eigenvalue weighted by atomic mass is 9.93. The number of nitrogens with zero attached hydrogens (tertiary/aromatic N) is 1.